The fourth-order valence-corrected chi connectivity index (χ4v) is 1.96. The quantitative estimate of drug-likeness (QED) is 0.780. The van der Waals surface area contributed by atoms with Crippen LogP contribution in [0.4, 0.5) is 0 Å². The van der Waals surface area contributed by atoms with E-state index in [0.717, 1.165) is 22.5 Å². The topological polar surface area (TPSA) is 55.8 Å². The maximum Gasteiger partial charge on any atom is 0.328 e. The van der Waals surface area contributed by atoms with Gasteiger partial charge in [0.05, 0.1) is 10.6 Å². The van der Waals surface area contributed by atoms with Crippen molar-refractivity contribution in [3.8, 4) is 5.75 Å². The molecule has 1 aromatic rings. The van der Waals surface area contributed by atoms with E-state index in [-0.39, 0.29) is 6.10 Å². The Bertz CT molecular complexity index is 457. The van der Waals surface area contributed by atoms with Crippen molar-refractivity contribution in [2.24, 2.45) is 0 Å². The molecule has 1 aromatic carbocycles. The van der Waals surface area contributed by atoms with Crippen molar-refractivity contribution in [2.45, 2.75) is 19.4 Å². The molecule has 1 N–H and O–H groups in total. The predicted octanol–water partition coefficient (Wildman–Crippen LogP) is 3.35. The zero-order valence-electron chi connectivity index (χ0n) is 10.9. The molecule has 4 nitrogen and oxygen atoms in total. The number of hydrogen-bond acceptors (Lipinski definition) is 3. The molecule has 0 amide bonds. The number of aliphatic carboxylic acids is 1. The molecule has 0 aliphatic rings. The average Bonchev–Trinajstić information content (AvgIpc) is 2.37. The summed E-state index contributed by atoms with van der Waals surface area (Å²) < 4.78 is 11.6. The van der Waals surface area contributed by atoms with E-state index in [1.165, 1.54) is 6.08 Å². The zero-order valence-corrected chi connectivity index (χ0v) is 12.5. The highest BCUT2D eigenvalue weighted by Crippen LogP contribution is 2.31. The molecular formula is C14H17BrO4. The Hall–Kier alpha value is -1.33. The van der Waals surface area contributed by atoms with Crippen LogP contribution in [0, 0.1) is 0 Å². The molecule has 0 aliphatic carbocycles. The number of halogens is 1. The van der Waals surface area contributed by atoms with E-state index in [9.17, 15) is 4.79 Å². The van der Waals surface area contributed by atoms with Gasteiger partial charge in [-0.2, -0.15) is 0 Å². The molecule has 104 valence electrons. The maximum atomic E-state index is 10.6. The van der Waals surface area contributed by atoms with Crippen LogP contribution in [-0.4, -0.2) is 30.9 Å². The van der Waals surface area contributed by atoms with Crippen LogP contribution in [0.25, 0.3) is 6.08 Å². The lowest BCUT2D eigenvalue weighted by atomic mass is 10.2. The van der Waals surface area contributed by atoms with E-state index in [0.29, 0.717) is 12.4 Å². The summed E-state index contributed by atoms with van der Waals surface area (Å²) >= 11 is 3.41. The van der Waals surface area contributed by atoms with Gasteiger partial charge >= 0.3 is 5.97 Å². The maximum absolute atomic E-state index is 10.6. The Balaban J connectivity index is 2.88. The van der Waals surface area contributed by atoms with Crippen molar-refractivity contribution in [1.29, 1.82) is 0 Å². The lowest BCUT2D eigenvalue weighted by Gasteiger charge is -2.17. The van der Waals surface area contributed by atoms with Crippen molar-refractivity contribution >= 4 is 28.0 Å². The fraction of sp³-hybridized carbons (Fsp3) is 0.357. The Kier molecular flexibility index (Phi) is 6.59. The van der Waals surface area contributed by atoms with E-state index in [1.807, 2.05) is 25.1 Å². The van der Waals surface area contributed by atoms with Crippen LogP contribution in [-0.2, 0) is 9.53 Å². The van der Waals surface area contributed by atoms with Crippen molar-refractivity contribution in [1.82, 2.24) is 0 Å². The van der Waals surface area contributed by atoms with E-state index in [1.54, 1.807) is 7.11 Å². The van der Waals surface area contributed by atoms with Crippen LogP contribution in [0.5, 0.6) is 5.75 Å². The lowest BCUT2D eigenvalue weighted by molar-refractivity contribution is -0.131. The van der Waals surface area contributed by atoms with Gasteiger partial charge in [-0.05, 0) is 35.0 Å². The van der Waals surface area contributed by atoms with Gasteiger partial charge in [-0.3, -0.25) is 0 Å². The summed E-state index contributed by atoms with van der Waals surface area (Å²) in [5.74, 6) is -0.345. The third-order valence-corrected chi connectivity index (χ3v) is 3.07. The molecule has 0 aliphatic heterocycles. The monoisotopic (exact) mass is 328 g/mol. The second kappa shape index (κ2) is 7.96. The van der Waals surface area contributed by atoms with Gasteiger partial charge in [0, 0.05) is 31.8 Å². The van der Waals surface area contributed by atoms with Crippen molar-refractivity contribution in [3.05, 3.63) is 34.3 Å². The third kappa shape index (κ3) is 5.44. The van der Waals surface area contributed by atoms with Crippen LogP contribution in [0.15, 0.2) is 28.7 Å². The number of methoxy groups -OCH3 is 1. The van der Waals surface area contributed by atoms with E-state index in [4.69, 9.17) is 14.6 Å². The summed E-state index contributed by atoms with van der Waals surface area (Å²) in [4.78, 5) is 10.6. The van der Waals surface area contributed by atoms with Crippen LogP contribution < -0.4 is 4.74 Å². The first-order chi connectivity index (χ1) is 9.04. The Morgan fingerprint density at radius 1 is 1.53 bits per heavy atom. The van der Waals surface area contributed by atoms with Crippen LogP contribution in [0.3, 0.4) is 0 Å². The standard InChI is InChI=1S/C14H17BrO4/c1-10(8-9-18-2)19-14-11(6-7-13(16)17)4-3-5-12(14)15/h3-7,10H,8-9H2,1-2H3,(H,16,17)/b7-6+. The van der Waals surface area contributed by atoms with Gasteiger partial charge in [0.1, 0.15) is 5.75 Å². The highest BCUT2D eigenvalue weighted by Gasteiger charge is 2.10. The third-order valence-electron chi connectivity index (χ3n) is 2.45. The number of carboxylic acids is 1. The largest absolute Gasteiger partial charge is 0.489 e. The van der Waals surface area contributed by atoms with Gasteiger partial charge in [-0.1, -0.05) is 12.1 Å². The molecule has 0 saturated carbocycles. The first-order valence-corrected chi connectivity index (χ1v) is 6.69. The summed E-state index contributed by atoms with van der Waals surface area (Å²) in [5, 5.41) is 8.68. The summed E-state index contributed by atoms with van der Waals surface area (Å²) in [5.41, 5.74) is 0.723. The normalized spacial score (nSPS) is 12.6. The number of ether oxygens (including phenoxy) is 2. The van der Waals surface area contributed by atoms with Crippen molar-refractivity contribution in [2.75, 3.05) is 13.7 Å². The molecule has 1 unspecified atom stereocenters. The SMILES string of the molecule is COCCC(C)Oc1c(Br)cccc1/C=C/C(=O)O. The summed E-state index contributed by atoms with van der Waals surface area (Å²) in [6.07, 6.45) is 3.36. The molecule has 1 atom stereocenters. The van der Waals surface area contributed by atoms with Crippen LogP contribution in [0.1, 0.15) is 18.9 Å². The average molecular weight is 329 g/mol. The highest BCUT2D eigenvalue weighted by molar-refractivity contribution is 9.10. The fourth-order valence-electron chi connectivity index (χ4n) is 1.49. The molecule has 0 saturated heterocycles. The van der Waals surface area contributed by atoms with Crippen molar-refractivity contribution < 1.29 is 19.4 Å². The second-order valence-electron chi connectivity index (χ2n) is 4.04. The first kappa shape index (κ1) is 15.7. The molecule has 0 fully saturated rings. The van der Waals surface area contributed by atoms with Gasteiger partial charge in [0.2, 0.25) is 0 Å². The molecular weight excluding hydrogens is 312 g/mol. The van der Waals surface area contributed by atoms with Crippen LogP contribution in [0.2, 0.25) is 0 Å². The molecule has 0 spiro atoms. The second-order valence-corrected chi connectivity index (χ2v) is 4.89. The van der Waals surface area contributed by atoms with Gasteiger partial charge in [-0.15, -0.1) is 0 Å². The number of benzene rings is 1. The lowest BCUT2D eigenvalue weighted by Crippen LogP contribution is -2.15. The Morgan fingerprint density at radius 3 is 2.89 bits per heavy atom. The number of carboxylic acid groups (broad SMARTS) is 1. The molecule has 0 heterocycles. The summed E-state index contributed by atoms with van der Waals surface area (Å²) in [7, 11) is 1.65. The van der Waals surface area contributed by atoms with E-state index < -0.39 is 5.97 Å². The minimum atomic E-state index is -0.988. The molecule has 0 radical (unpaired) electrons. The van der Waals surface area contributed by atoms with Gasteiger partial charge < -0.3 is 14.6 Å². The smallest absolute Gasteiger partial charge is 0.328 e. The van der Waals surface area contributed by atoms with E-state index >= 15 is 0 Å². The predicted molar refractivity (Wildman–Crippen MR) is 77.4 cm³/mol. The van der Waals surface area contributed by atoms with Gasteiger partial charge in [0.25, 0.3) is 0 Å². The van der Waals surface area contributed by atoms with Gasteiger partial charge in [-0.25, -0.2) is 4.79 Å². The van der Waals surface area contributed by atoms with Gasteiger partial charge in [0.15, 0.2) is 0 Å². The molecule has 5 heteroatoms. The minimum absolute atomic E-state index is 0.0179. The number of rotatable bonds is 7. The van der Waals surface area contributed by atoms with Crippen LogP contribution >= 0.6 is 15.9 Å². The minimum Gasteiger partial charge on any atom is -0.489 e. The summed E-state index contributed by atoms with van der Waals surface area (Å²) in [6.45, 7) is 2.56. The number of hydrogen-bond donors (Lipinski definition) is 1. The zero-order chi connectivity index (χ0) is 14.3. The van der Waals surface area contributed by atoms with E-state index in [2.05, 4.69) is 15.9 Å². The Morgan fingerprint density at radius 2 is 2.26 bits per heavy atom. The summed E-state index contributed by atoms with van der Waals surface area (Å²) in [6, 6.07) is 5.50. The highest BCUT2D eigenvalue weighted by atomic mass is 79.9. The number of para-hydroxylation sites is 1. The molecule has 1 rings (SSSR count). The van der Waals surface area contributed by atoms with Crippen molar-refractivity contribution in [3.63, 3.8) is 0 Å². The Labute approximate surface area is 121 Å². The molecule has 19 heavy (non-hydrogen) atoms. The molecule has 0 aromatic heterocycles. The first-order valence-electron chi connectivity index (χ1n) is 5.89. The molecule has 0 bridgehead atoms. The number of carbonyl (C=O) groups is 1.